The van der Waals surface area contributed by atoms with Crippen LogP contribution in [0.2, 0.25) is 0 Å². The Bertz CT molecular complexity index is 1050. The minimum absolute atomic E-state index is 0.0429. The number of hydrogen-bond acceptors (Lipinski definition) is 5. The smallest absolute Gasteiger partial charge is 0.493 e. The van der Waals surface area contributed by atoms with Crippen LogP contribution in [0.4, 0.5) is 26.3 Å². The molecule has 196 valence electrons. The molecule has 2 amide bonds. The minimum Gasteiger partial charge on any atom is -0.493 e. The number of aliphatic hydroxyl groups excluding tert-OH is 1. The number of aliphatic hydroxyl groups is 1. The van der Waals surface area contributed by atoms with Crippen molar-refractivity contribution < 1.29 is 50.5 Å². The fourth-order valence-corrected chi connectivity index (χ4v) is 2.61. The Labute approximate surface area is 201 Å². The fourth-order valence-electron chi connectivity index (χ4n) is 2.61. The van der Waals surface area contributed by atoms with Gasteiger partial charge in [-0.2, -0.15) is 13.2 Å². The molecule has 3 N–H and O–H groups in total. The lowest BCUT2D eigenvalue weighted by molar-refractivity contribution is -0.274. The highest BCUT2D eigenvalue weighted by Crippen LogP contribution is 2.23. The van der Waals surface area contributed by atoms with Crippen LogP contribution in [0.1, 0.15) is 29.3 Å². The molecule has 13 heteroatoms. The van der Waals surface area contributed by atoms with Crippen molar-refractivity contribution in [3.05, 3.63) is 65.4 Å². The number of carbonyl (C=O) groups excluding carboxylic acids is 2. The molecule has 0 aliphatic rings. The molecule has 7 nitrogen and oxygen atoms in total. The standard InChI is InChI=1S/C23H22F6N2O5/c1-14(32)13-30-21(34)19(12-15-2-6-18(7-3-15)36-23(27,28)29)31-20(33)16-4-8-17(9-5-16)35-11-10-22(24,25)26/h2-9,12,14,32H,10-11,13H2,1H3,(H,30,34)(H,31,33)/b19-12-/t14-/m0/s1. The van der Waals surface area contributed by atoms with E-state index >= 15 is 0 Å². The van der Waals surface area contributed by atoms with Crippen LogP contribution in [0.5, 0.6) is 11.5 Å². The number of halogens is 6. The lowest BCUT2D eigenvalue weighted by Gasteiger charge is -2.13. The Morgan fingerprint density at radius 2 is 1.56 bits per heavy atom. The quantitative estimate of drug-likeness (QED) is 0.323. The van der Waals surface area contributed by atoms with Gasteiger partial charge in [0.15, 0.2) is 0 Å². The topological polar surface area (TPSA) is 96.9 Å². The summed E-state index contributed by atoms with van der Waals surface area (Å²) in [6.45, 7) is 0.673. The largest absolute Gasteiger partial charge is 0.573 e. The van der Waals surface area contributed by atoms with Gasteiger partial charge in [-0.05, 0) is 55.0 Å². The highest BCUT2D eigenvalue weighted by molar-refractivity contribution is 6.05. The molecular weight excluding hydrogens is 498 g/mol. The van der Waals surface area contributed by atoms with Gasteiger partial charge in [0.2, 0.25) is 0 Å². The van der Waals surface area contributed by atoms with Crippen LogP contribution in [-0.2, 0) is 4.79 Å². The van der Waals surface area contributed by atoms with Crippen LogP contribution in [0.25, 0.3) is 6.08 Å². The summed E-state index contributed by atoms with van der Waals surface area (Å²) in [4.78, 5) is 25.2. The number of ether oxygens (including phenoxy) is 2. The number of benzene rings is 2. The van der Waals surface area contributed by atoms with E-state index < -0.39 is 49.2 Å². The van der Waals surface area contributed by atoms with Gasteiger partial charge in [-0.3, -0.25) is 9.59 Å². The molecule has 2 rings (SSSR count). The van der Waals surface area contributed by atoms with E-state index in [-0.39, 0.29) is 29.1 Å². The molecule has 0 aliphatic carbocycles. The SMILES string of the molecule is C[C@H](O)CNC(=O)/C(=C/c1ccc(OC(F)(F)F)cc1)NC(=O)c1ccc(OCCC(F)(F)F)cc1. The maximum atomic E-state index is 12.6. The molecule has 0 aromatic heterocycles. The van der Waals surface area contributed by atoms with Crippen LogP contribution in [0, 0.1) is 0 Å². The van der Waals surface area contributed by atoms with Gasteiger partial charge in [0.25, 0.3) is 11.8 Å². The number of carbonyl (C=O) groups is 2. The molecule has 1 atom stereocenters. The van der Waals surface area contributed by atoms with Gasteiger partial charge in [-0.1, -0.05) is 12.1 Å². The highest BCUT2D eigenvalue weighted by Gasteiger charge is 2.31. The summed E-state index contributed by atoms with van der Waals surface area (Å²) in [6.07, 6.45) is -10.1. The number of amides is 2. The lowest BCUT2D eigenvalue weighted by atomic mass is 10.1. The van der Waals surface area contributed by atoms with Crippen molar-refractivity contribution in [2.45, 2.75) is 32.0 Å². The van der Waals surface area contributed by atoms with Gasteiger partial charge in [0.1, 0.15) is 17.2 Å². The Balaban J connectivity index is 2.15. The van der Waals surface area contributed by atoms with Crippen molar-refractivity contribution in [1.82, 2.24) is 10.6 Å². The van der Waals surface area contributed by atoms with Crippen LogP contribution < -0.4 is 20.1 Å². The van der Waals surface area contributed by atoms with Crippen molar-refractivity contribution in [1.29, 1.82) is 0 Å². The average Bonchev–Trinajstić information content (AvgIpc) is 2.76. The van der Waals surface area contributed by atoms with Crippen molar-refractivity contribution in [3.63, 3.8) is 0 Å². The Morgan fingerprint density at radius 3 is 2.08 bits per heavy atom. The monoisotopic (exact) mass is 520 g/mol. The van der Waals surface area contributed by atoms with E-state index in [0.717, 1.165) is 12.1 Å². The normalized spacial score (nSPS) is 13.1. The van der Waals surface area contributed by atoms with Gasteiger partial charge in [-0.15, -0.1) is 13.2 Å². The maximum Gasteiger partial charge on any atom is 0.573 e. The van der Waals surface area contributed by atoms with Crippen LogP contribution >= 0.6 is 0 Å². The molecule has 0 bridgehead atoms. The van der Waals surface area contributed by atoms with Gasteiger partial charge in [-0.25, -0.2) is 0 Å². The molecule has 0 heterocycles. The first kappa shape index (κ1) is 28.5. The van der Waals surface area contributed by atoms with E-state index in [1.54, 1.807) is 0 Å². The number of nitrogens with one attached hydrogen (secondary N) is 2. The third-order valence-electron chi connectivity index (χ3n) is 4.25. The third-order valence-corrected chi connectivity index (χ3v) is 4.25. The number of rotatable bonds is 10. The molecule has 0 radical (unpaired) electrons. The molecular formula is C23H22F6N2O5. The van der Waals surface area contributed by atoms with Gasteiger partial charge < -0.3 is 25.2 Å². The second-order valence-electron chi connectivity index (χ2n) is 7.43. The van der Waals surface area contributed by atoms with E-state index in [1.807, 2.05) is 0 Å². The predicted molar refractivity (Wildman–Crippen MR) is 116 cm³/mol. The molecule has 0 spiro atoms. The van der Waals surface area contributed by atoms with E-state index in [0.29, 0.717) is 0 Å². The molecule has 0 saturated carbocycles. The Kier molecular flexibility index (Phi) is 9.73. The van der Waals surface area contributed by atoms with E-state index in [2.05, 4.69) is 15.4 Å². The van der Waals surface area contributed by atoms with Crippen LogP contribution in [-0.4, -0.2) is 48.7 Å². The zero-order valence-electron chi connectivity index (χ0n) is 18.7. The molecule has 0 fully saturated rings. The Morgan fingerprint density at radius 1 is 0.972 bits per heavy atom. The molecule has 2 aromatic carbocycles. The van der Waals surface area contributed by atoms with E-state index in [4.69, 9.17) is 4.74 Å². The zero-order chi connectivity index (χ0) is 26.9. The van der Waals surface area contributed by atoms with E-state index in [9.17, 15) is 41.0 Å². The molecule has 36 heavy (non-hydrogen) atoms. The summed E-state index contributed by atoms with van der Waals surface area (Å²) in [5.41, 5.74) is 0.0115. The summed E-state index contributed by atoms with van der Waals surface area (Å²) in [5, 5.41) is 14.1. The summed E-state index contributed by atoms with van der Waals surface area (Å²) in [6, 6.07) is 9.58. The molecule has 0 saturated heterocycles. The average molecular weight is 520 g/mol. The Hall–Kier alpha value is -3.74. The minimum atomic E-state index is -4.88. The van der Waals surface area contributed by atoms with Crippen LogP contribution in [0.15, 0.2) is 54.2 Å². The molecule has 0 unspecified atom stereocenters. The summed E-state index contributed by atoms with van der Waals surface area (Å²) < 4.78 is 82.4. The first-order valence-electron chi connectivity index (χ1n) is 10.4. The van der Waals surface area contributed by atoms with Gasteiger partial charge in [0, 0.05) is 12.1 Å². The highest BCUT2D eigenvalue weighted by atomic mass is 19.4. The van der Waals surface area contributed by atoms with E-state index in [1.165, 1.54) is 49.4 Å². The number of hydrogen-bond donors (Lipinski definition) is 3. The summed E-state index contributed by atoms with van der Waals surface area (Å²) in [5.74, 6) is -1.93. The second kappa shape index (κ2) is 12.3. The number of alkyl halides is 6. The first-order valence-corrected chi connectivity index (χ1v) is 10.4. The van der Waals surface area contributed by atoms with Crippen molar-refractivity contribution >= 4 is 17.9 Å². The van der Waals surface area contributed by atoms with Crippen molar-refractivity contribution in [2.75, 3.05) is 13.2 Å². The van der Waals surface area contributed by atoms with Gasteiger partial charge in [0.05, 0.1) is 19.1 Å². The summed E-state index contributed by atoms with van der Waals surface area (Å²) >= 11 is 0. The second-order valence-corrected chi connectivity index (χ2v) is 7.43. The molecule has 0 aliphatic heterocycles. The predicted octanol–water partition coefficient (Wildman–Crippen LogP) is 4.18. The fraction of sp³-hybridized carbons (Fsp3) is 0.304. The molecule has 2 aromatic rings. The first-order chi connectivity index (χ1) is 16.7. The zero-order valence-corrected chi connectivity index (χ0v) is 18.7. The maximum absolute atomic E-state index is 12.6. The lowest BCUT2D eigenvalue weighted by Crippen LogP contribution is -2.37. The van der Waals surface area contributed by atoms with Crippen molar-refractivity contribution in [3.8, 4) is 11.5 Å². The van der Waals surface area contributed by atoms with Crippen molar-refractivity contribution in [2.24, 2.45) is 0 Å². The van der Waals surface area contributed by atoms with Gasteiger partial charge >= 0.3 is 12.5 Å². The third kappa shape index (κ3) is 10.7. The van der Waals surface area contributed by atoms with Crippen LogP contribution in [0.3, 0.4) is 0 Å². The summed E-state index contributed by atoms with van der Waals surface area (Å²) in [7, 11) is 0.